The van der Waals surface area contributed by atoms with Crippen LogP contribution in [0.5, 0.6) is 0 Å². The van der Waals surface area contributed by atoms with Gasteiger partial charge in [-0.1, -0.05) is 18.2 Å². The smallest absolute Gasteiger partial charge is 0.253 e. The number of aromatic nitrogens is 1. The molecule has 1 aromatic heterocycles. The predicted molar refractivity (Wildman–Crippen MR) is 93.0 cm³/mol. The first kappa shape index (κ1) is 15.4. The summed E-state index contributed by atoms with van der Waals surface area (Å²) in [4.78, 5) is 19.1. The molecule has 3 aromatic rings. The van der Waals surface area contributed by atoms with Gasteiger partial charge in [-0.3, -0.25) is 4.79 Å². The lowest BCUT2D eigenvalue weighted by Gasteiger charge is -2.30. The van der Waals surface area contributed by atoms with Crippen LogP contribution >= 0.6 is 0 Å². The lowest BCUT2D eigenvalue weighted by atomic mass is 9.96. The molecule has 1 fully saturated rings. The van der Waals surface area contributed by atoms with E-state index in [1.165, 1.54) is 0 Å². The lowest BCUT2D eigenvalue weighted by molar-refractivity contribution is 0.0706. The summed E-state index contributed by atoms with van der Waals surface area (Å²) in [5.74, 6) is 0.981. The van der Waals surface area contributed by atoms with E-state index in [1.807, 2.05) is 29.2 Å². The SMILES string of the molecule is N#Cc1cccc(C(=O)N2CCC(c3nc4ccccc4o3)CC2)c1. The summed E-state index contributed by atoms with van der Waals surface area (Å²) in [5.41, 5.74) is 2.76. The number of oxazole rings is 1. The Kier molecular flexibility index (Phi) is 3.95. The average molecular weight is 331 g/mol. The summed E-state index contributed by atoms with van der Waals surface area (Å²) in [6.45, 7) is 1.33. The first-order valence-corrected chi connectivity index (χ1v) is 8.39. The summed E-state index contributed by atoms with van der Waals surface area (Å²) in [7, 11) is 0. The number of likely N-dealkylation sites (tertiary alicyclic amines) is 1. The van der Waals surface area contributed by atoms with Crippen molar-refractivity contribution in [2.75, 3.05) is 13.1 Å². The molecule has 2 heterocycles. The monoisotopic (exact) mass is 331 g/mol. The topological polar surface area (TPSA) is 70.1 Å². The summed E-state index contributed by atoms with van der Waals surface area (Å²) in [6.07, 6.45) is 1.66. The highest BCUT2D eigenvalue weighted by Gasteiger charge is 2.27. The fourth-order valence-electron chi connectivity index (χ4n) is 3.30. The molecule has 1 aliphatic rings. The highest BCUT2D eigenvalue weighted by atomic mass is 16.3. The van der Waals surface area contributed by atoms with E-state index in [-0.39, 0.29) is 11.8 Å². The number of nitrogens with zero attached hydrogens (tertiary/aromatic N) is 3. The van der Waals surface area contributed by atoms with Gasteiger partial charge in [-0.25, -0.2) is 4.98 Å². The number of amides is 1. The number of hydrogen-bond acceptors (Lipinski definition) is 4. The Labute approximate surface area is 145 Å². The van der Waals surface area contributed by atoms with E-state index in [4.69, 9.17) is 9.68 Å². The molecule has 5 nitrogen and oxygen atoms in total. The van der Waals surface area contributed by atoms with Gasteiger partial charge in [0.2, 0.25) is 0 Å². The molecular formula is C20H17N3O2. The van der Waals surface area contributed by atoms with Crippen LogP contribution in [0.15, 0.2) is 52.9 Å². The van der Waals surface area contributed by atoms with Crippen molar-refractivity contribution in [3.8, 4) is 6.07 Å². The molecule has 1 aliphatic heterocycles. The van der Waals surface area contributed by atoms with Gasteiger partial charge < -0.3 is 9.32 Å². The van der Waals surface area contributed by atoms with Gasteiger partial charge in [0.25, 0.3) is 5.91 Å². The molecule has 2 aromatic carbocycles. The molecule has 0 atom stereocenters. The molecule has 0 spiro atoms. The van der Waals surface area contributed by atoms with Gasteiger partial charge in [0, 0.05) is 24.6 Å². The minimum atomic E-state index is -0.0203. The Hall–Kier alpha value is -3.13. The van der Waals surface area contributed by atoms with E-state index >= 15 is 0 Å². The van der Waals surface area contributed by atoms with Crippen molar-refractivity contribution >= 4 is 17.0 Å². The van der Waals surface area contributed by atoms with Crippen LogP contribution in [0.3, 0.4) is 0 Å². The minimum absolute atomic E-state index is 0.0203. The fraction of sp³-hybridized carbons (Fsp3) is 0.250. The Bertz CT molecular complexity index is 929. The summed E-state index contributed by atoms with van der Waals surface area (Å²) >= 11 is 0. The number of carbonyl (C=O) groups is 1. The molecule has 25 heavy (non-hydrogen) atoms. The maximum Gasteiger partial charge on any atom is 0.253 e. The predicted octanol–water partition coefficient (Wildman–Crippen LogP) is 3.72. The molecule has 1 amide bonds. The second kappa shape index (κ2) is 6.40. The van der Waals surface area contributed by atoms with Crippen LogP contribution in [0.1, 0.15) is 40.6 Å². The second-order valence-electron chi connectivity index (χ2n) is 6.28. The molecule has 0 bridgehead atoms. The fourth-order valence-corrected chi connectivity index (χ4v) is 3.30. The van der Waals surface area contributed by atoms with Crippen LogP contribution in [-0.4, -0.2) is 28.9 Å². The Morgan fingerprint density at radius 3 is 2.72 bits per heavy atom. The molecule has 1 saturated heterocycles. The molecule has 0 N–H and O–H groups in total. The van der Waals surface area contributed by atoms with Crippen molar-refractivity contribution < 1.29 is 9.21 Å². The van der Waals surface area contributed by atoms with Crippen molar-refractivity contribution in [2.24, 2.45) is 0 Å². The largest absolute Gasteiger partial charge is 0.440 e. The highest BCUT2D eigenvalue weighted by Crippen LogP contribution is 2.30. The molecule has 4 rings (SSSR count). The zero-order valence-electron chi connectivity index (χ0n) is 13.7. The molecular weight excluding hydrogens is 314 g/mol. The summed E-state index contributed by atoms with van der Waals surface area (Å²) in [5, 5.41) is 8.98. The quantitative estimate of drug-likeness (QED) is 0.717. The van der Waals surface area contributed by atoms with Crippen molar-refractivity contribution in [2.45, 2.75) is 18.8 Å². The van der Waals surface area contributed by atoms with E-state index in [9.17, 15) is 4.79 Å². The second-order valence-corrected chi connectivity index (χ2v) is 6.28. The minimum Gasteiger partial charge on any atom is -0.440 e. The number of fused-ring (bicyclic) bond motifs is 1. The van der Waals surface area contributed by atoms with Crippen molar-refractivity contribution in [3.05, 3.63) is 65.5 Å². The van der Waals surface area contributed by atoms with E-state index in [1.54, 1.807) is 24.3 Å². The van der Waals surface area contributed by atoms with Gasteiger partial charge in [-0.2, -0.15) is 5.26 Å². The van der Waals surface area contributed by atoms with Gasteiger partial charge in [0.15, 0.2) is 11.5 Å². The third kappa shape index (κ3) is 2.99. The third-order valence-electron chi connectivity index (χ3n) is 4.68. The van der Waals surface area contributed by atoms with Crippen LogP contribution in [-0.2, 0) is 0 Å². The van der Waals surface area contributed by atoms with Crippen molar-refractivity contribution in [1.29, 1.82) is 5.26 Å². The standard InChI is InChI=1S/C20H17N3O2/c21-13-14-4-3-5-16(12-14)20(24)23-10-8-15(9-11-23)19-22-17-6-1-2-7-18(17)25-19/h1-7,12,15H,8-11H2. The number of benzene rings is 2. The van der Waals surface area contributed by atoms with Crippen LogP contribution in [0.25, 0.3) is 11.1 Å². The first-order chi connectivity index (χ1) is 12.2. The van der Waals surface area contributed by atoms with Gasteiger partial charge in [0.05, 0.1) is 11.6 Å². The summed E-state index contributed by atoms with van der Waals surface area (Å²) < 4.78 is 5.87. The molecule has 124 valence electrons. The van der Waals surface area contributed by atoms with Gasteiger partial charge in [0.1, 0.15) is 5.52 Å². The highest BCUT2D eigenvalue weighted by molar-refractivity contribution is 5.94. The molecule has 0 saturated carbocycles. The Morgan fingerprint density at radius 2 is 1.96 bits per heavy atom. The number of rotatable bonds is 2. The zero-order valence-corrected chi connectivity index (χ0v) is 13.7. The van der Waals surface area contributed by atoms with Crippen LogP contribution in [0.4, 0.5) is 0 Å². The molecule has 0 aliphatic carbocycles. The number of nitriles is 1. The number of carbonyl (C=O) groups excluding carboxylic acids is 1. The molecule has 5 heteroatoms. The Balaban J connectivity index is 1.45. The van der Waals surface area contributed by atoms with Crippen LogP contribution in [0.2, 0.25) is 0 Å². The average Bonchev–Trinajstić information content (AvgIpc) is 3.12. The number of piperidine rings is 1. The third-order valence-corrected chi connectivity index (χ3v) is 4.68. The number of hydrogen-bond donors (Lipinski definition) is 0. The van der Waals surface area contributed by atoms with E-state index < -0.39 is 0 Å². The Morgan fingerprint density at radius 1 is 1.16 bits per heavy atom. The molecule has 0 radical (unpaired) electrons. The van der Waals surface area contributed by atoms with E-state index in [0.717, 1.165) is 29.8 Å². The zero-order chi connectivity index (χ0) is 17.2. The number of para-hydroxylation sites is 2. The maximum absolute atomic E-state index is 12.6. The van der Waals surface area contributed by atoms with Gasteiger partial charge >= 0.3 is 0 Å². The normalized spacial score (nSPS) is 15.2. The van der Waals surface area contributed by atoms with E-state index in [0.29, 0.717) is 24.2 Å². The van der Waals surface area contributed by atoms with Crippen LogP contribution < -0.4 is 0 Å². The van der Waals surface area contributed by atoms with Crippen molar-refractivity contribution in [1.82, 2.24) is 9.88 Å². The summed E-state index contributed by atoms with van der Waals surface area (Å²) in [6, 6.07) is 16.7. The van der Waals surface area contributed by atoms with Gasteiger partial charge in [-0.15, -0.1) is 0 Å². The van der Waals surface area contributed by atoms with E-state index in [2.05, 4.69) is 11.1 Å². The van der Waals surface area contributed by atoms with Crippen molar-refractivity contribution in [3.63, 3.8) is 0 Å². The lowest BCUT2D eigenvalue weighted by Crippen LogP contribution is -2.38. The first-order valence-electron chi connectivity index (χ1n) is 8.39. The maximum atomic E-state index is 12.6. The van der Waals surface area contributed by atoms with Gasteiger partial charge in [-0.05, 0) is 43.2 Å². The van der Waals surface area contributed by atoms with Crippen LogP contribution in [0, 0.1) is 11.3 Å². The molecule has 0 unspecified atom stereocenters.